The fraction of sp³-hybridized carbons (Fsp3) is 0.133. The van der Waals surface area contributed by atoms with Gasteiger partial charge in [-0.3, -0.25) is 25.0 Å². The van der Waals surface area contributed by atoms with Gasteiger partial charge >= 0.3 is 0 Å². The van der Waals surface area contributed by atoms with Crippen LogP contribution in [0.3, 0.4) is 0 Å². The van der Waals surface area contributed by atoms with E-state index in [0.29, 0.717) is 11.4 Å². The van der Waals surface area contributed by atoms with Gasteiger partial charge in [-0.2, -0.15) is 0 Å². The number of nitro benzene ring substituents is 2. The molecule has 0 unspecified atom stereocenters. The van der Waals surface area contributed by atoms with Crippen molar-refractivity contribution in [2.24, 2.45) is 0 Å². The van der Waals surface area contributed by atoms with Gasteiger partial charge in [0.05, 0.1) is 22.5 Å². The summed E-state index contributed by atoms with van der Waals surface area (Å²) in [6.45, 7) is 1.26. The monoisotopic (exact) mass is 331 g/mol. The van der Waals surface area contributed by atoms with E-state index >= 15 is 0 Å². The predicted molar refractivity (Wildman–Crippen MR) is 85.4 cm³/mol. The summed E-state index contributed by atoms with van der Waals surface area (Å²) in [7, 11) is 1.47. The zero-order valence-corrected chi connectivity index (χ0v) is 12.8. The topological polar surface area (TPSA) is 125 Å². The fourth-order valence-electron chi connectivity index (χ4n) is 2.10. The van der Waals surface area contributed by atoms with Crippen LogP contribution >= 0.6 is 0 Å². The first-order valence-electron chi connectivity index (χ1n) is 6.72. The Morgan fingerprint density at radius 3 is 2.17 bits per heavy atom. The first kappa shape index (κ1) is 16.9. The average Bonchev–Trinajstić information content (AvgIpc) is 2.54. The third kappa shape index (κ3) is 3.46. The van der Waals surface area contributed by atoms with Crippen molar-refractivity contribution in [2.45, 2.75) is 6.92 Å². The summed E-state index contributed by atoms with van der Waals surface area (Å²) in [5.74, 6) is -0.192. The number of anilines is 1. The lowest BCUT2D eigenvalue weighted by atomic mass is 10.1. The van der Waals surface area contributed by atoms with E-state index in [-0.39, 0.29) is 11.1 Å². The minimum atomic E-state index is -0.759. The Labute approximate surface area is 136 Å². The Bertz CT molecular complexity index is 799. The van der Waals surface area contributed by atoms with Gasteiger partial charge in [0.25, 0.3) is 17.3 Å². The van der Waals surface area contributed by atoms with E-state index in [1.807, 2.05) is 0 Å². The molecule has 0 aliphatic rings. The molecule has 124 valence electrons. The minimum absolute atomic E-state index is 0.108. The number of nitro groups is 2. The standard InChI is InChI=1S/C15H13N3O6/c1-9-13(17(20)21)6-10(7-14(9)18(22)23)15(19)16-11-4-3-5-12(8-11)24-2/h3-8H,1-2H3,(H,16,19). The number of carbonyl (C=O) groups excluding carboxylic acids is 1. The van der Waals surface area contributed by atoms with Gasteiger partial charge in [-0.05, 0) is 19.1 Å². The van der Waals surface area contributed by atoms with Crippen molar-refractivity contribution in [3.63, 3.8) is 0 Å². The summed E-state index contributed by atoms with van der Waals surface area (Å²) in [4.78, 5) is 32.9. The first-order valence-corrected chi connectivity index (χ1v) is 6.72. The second kappa shape index (κ2) is 6.73. The molecule has 0 saturated carbocycles. The molecule has 24 heavy (non-hydrogen) atoms. The molecule has 0 bridgehead atoms. The summed E-state index contributed by atoms with van der Waals surface area (Å²) in [6, 6.07) is 8.49. The summed E-state index contributed by atoms with van der Waals surface area (Å²) in [5.41, 5.74) is -0.866. The summed E-state index contributed by atoms with van der Waals surface area (Å²) >= 11 is 0. The van der Waals surface area contributed by atoms with Crippen molar-refractivity contribution in [1.82, 2.24) is 0 Å². The molecule has 0 aliphatic carbocycles. The Morgan fingerprint density at radius 2 is 1.67 bits per heavy atom. The molecule has 0 radical (unpaired) electrons. The molecule has 0 fully saturated rings. The van der Waals surface area contributed by atoms with Gasteiger partial charge < -0.3 is 10.1 Å². The molecule has 2 rings (SSSR count). The van der Waals surface area contributed by atoms with Crippen molar-refractivity contribution < 1.29 is 19.4 Å². The molecule has 1 N–H and O–H groups in total. The number of hydrogen-bond acceptors (Lipinski definition) is 6. The summed E-state index contributed by atoms with van der Waals surface area (Å²) in [6.07, 6.45) is 0. The van der Waals surface area contributed by atoms with Crippen LogP contribution in [-0.4, -0.2) is 22.9 Å². The van der Waals surface area contributed by atoms with Crippen LogP contribution < -0.4 is 10.1 Å². The normalized spacial score (nSPS) is 10.1. The maximum atomic E-state index is 12.3. The quantitative estimate of drug-likeness (QED) is 0.663. The molecule has 0 spiro atoms. The number of methoxy groups -OCH3 is 1. The van der Waals surface area contributed by atoms with Crippen LogP contribution in [0.15, 0.2) is 36.4 Å². The number of nitrogens with one attached hydrogen (secondary N) is 1. The Hall–Kier alpha value is -3.49. The van der Waals surface area contributed by atoms with Crippen LogP contribution in [-0.2, 0) is 0 Å². The van der Waals surface area contributed by atoms with Gasteiger partial charge in [-0.25, -0.2) is 0 Å². The van der Waals surface area contributed by atoms with E-state index < -0.39 is 27.1 Å². The van der Waals surface area contributed by atoms with Gasteiger partial charge in [0, 0.05) is 23.9 Å². The van der Waals surface area contributed by atoms with E-state index in [1.165, 1.54) is 14.0 Å². The second-order valence-corrected chi connectivity index (χ2v) is 4.84. The van der Waals surface area contributed by atoms with Crippen LogP contribution in [0.2, 0.25) is 0 Å². The molecule has 9 heteroatoms. The fourth-order valence-corrected chi connectivity index (χ4v) is 2.10. The summed E-state index contributed by atoms with van der Waals surface area (Å²) < 4.78 is 5.03. The highest BCUT2D eigenvalue weighted by Gasteiger charge is 2.25. The highest BCUT2D eigenvalue weighted by Crippen LogP contribution is 2.29. The number of ether oxygens (including phenoxy) is 1. The minimum Gasteiger partial charge on any atom is -0.497 e. The van der Waals surface area contributed by atoms with E-state index in [2.05, 4.69) is 5.32 Å². The first-order chi connectivity index (χ1) is 11.3. The lowest BCUT2D eigenvalue weighted by Crippen LogP contribution is -2.13. The van der Waals surface area contributed by atoms with Crippen LogP contribution in [0.4, 0.5) is 17.1 Å². The van der Waals surface area contributed by atoms with Gasteiger partial charge in [0.2, 0.25) is 0 Å². The van der Waals surface area contributed by atoms with Crippen LogP contribution in [0.1, 0.15) is 15.9 Å². The number of hydrogen-bond donors (Lipinski definition) is 1. The molecule has 0 saturated heterocycles. The zero-order valence-electron chi connectivity index (χ0n) is 12.8. The highest BCUT2D eigenvalue weighted by molar-refractivity contribution is 6.05. The molecule has 0 aromatic heterocycles. The largest absolute Gasteiger partial charge is 0.497 e. The maximum Gasteiger partial charge on any atom is 0.279 e. The van der Waals surface area contributed by atoms with Crippen molar-refractivity contribution in [3.05, 3.63) is 67.8 Å². The Morgan fingerprint density at radius 1 is 1.08 bits per heavy atom. The molecular weight excluding hydrogens is 318 g/mol. The van der Waals surface area contributed by atoms with Gasteiger partial charge in [0.1, 0.15) is 11.3 Å². The SMILES string of the molecule is COc1cccc(NC(=O)c2cc([N+](=O)[O-])c(C)c([N+](=O)[O-])c2)c1. The number of amides is 1. The lowest BCUT2D eigenvalue weighted by molar-refractivity contribution is -0.395. The zero-order chi connectivity index (χ0) is 17.9. The number of nitrogens with zero attached hydrogens (tertiary/aromatic N) is 2. The van der Waals surface area contributed by atoms with Gasteiger partial charge in [-0.15, -0.1) is 0 Å². The average molecular weight is 331 g/mol. The number of benzene rings is 2. The van der Waals surface area contributed by atoms with E-state index in [9.17, 15) is 25.0 Å². The molecule has 0 aliphatic heterocycles. The third-order valence-electron chi connectivity index (χ3n) is 3.34. The predicted octanol–water partition coefficient (Wildman–Crippen LogP) is 3.07. The van der Waals surface area contributed by atoms with Crippen molar-refractivity contribution >= 4 is 23.0 Å². The number of rotatable bonds is 5. The smallest absolute Gasteiger partial charge is 0.279 e. The number of carbonyl (C=O) groups is 1. The van der Waals surface area contributed by atoms with Gasteiger partial charge in [-0.1, -0.05) is 6.07 Å². The van der Waals surface area contributed by atoms with E-state index in [1.54, 1.807) is 24.3 Å². The van der Waals surface area contributed by atoms with Crippen molar-refractivity contribution in [3.8, 4) is 5.75 Å². The molecule has 2 aromatic carbocycles. The molecular formula is C15H13N3O6. The van der Waals surface area contributed by atoms with Crippen molar-refractivity contribution in [2.75, 3.05) is 12.4 Å². The molecule has 9 nitrogen and oxygen atoms in total. The van der Waals surface area contributed by atoms with E-state index in [4.69, 9.17) is 4.74 Å². The molecule has 0 atom stereocenters. The lowest BCUT2D eigenvalue weighted by Gasteiger charge is -2.08. The van der Waals surface area contributed by atoms with Crippen LogP contribution in [0.25, 0.3) is 0 Å². The maximum absolute atomic E-state index is 12.3. The molecule has 2 aromatic rings. The Kier molecular flexibility index (Phi) is 4.73. The molecule has 0 heterocycles. The third-order valence-corrected chi connectivity index (χ3v) is 3.34. The van der Waals surface area contributed by atoms with Crippen LogP contribution in [0.5, 0.6) is 5.75 Å². The summed E-state index contributed by atoms with van der Waals surface area (Å²) in [5, 5.41) is 24.6. The van der Waals surface area contributed by atoms with E-state index in [0.717, 1.165) is 12.1 Å². The van der Waals surface area contributed by atoms with Gasteiger partial charge in [0.15, 0.2) is 0 Å². The highest BCUT2D eigenvalue weighted by atomic mass is 16.6. The Balaban J connectivity index is 2.41. The molecule has 1 amide bonds. The second-order valence-electron chi connectivity index (χ2n) is 4.84. The van der Waals surface area contributed by atoms with Crippen molar-refractivity contribution in [1.29, 1.82) is 0 Å². The van der Waals surface area contributed by atoms with Crippen LogP contribution in [0, 0.1) is 27.2 Å².